The molecule has 2 aromatic rings. The summed E-state index contributed by atoms with van der Waals surface area (Å²) in [5.74, 6) is -3.60. The summed E-state index contributed by atoms with van der Waals surface area (Å²) in [6, 6.07) is 8.43. The Bertz CT molecular complexity index is 2260. The molecular formula is C58H80O20. The van der Waals surface area contributed by atoms with Crippen LogP contribution in [0.15, 0.2) is 61.7 Å². The van der Waals surface area contributed by atoms with Crippen LogP contribution in [-0.4, -0.2) is 100 Å². The van der Waals surface area contributed by atoms with E-state index in [1.165, 1.54) is 50.6 Å². The fourth-order valence-corrected chi connectivity index (χ4v) is 8.06. The van der Waals surface area contributed by atoms with Gasteiger partial charge in [0, 0.05) is 12.2 Å². The van der Waals surface area contributed by atoms with Crippen molar-refractivity contribution in [3.8, 4) is 23.0 Å². The summed E-state index contributed by atoms with van der Waals surface area (Å²) >= 11 is 0. The fourth-order valence-electron chi connectivity index (χ4n) is 8.06. The number of hydrogen-bond donors (Lipinski definition) is 0. The zero-order chi connectivity index (χ0) is 58.7. The molecule has 2 aromatic carbocycles. The highest BCUT2D eigenvalue weighted by Gasteiger charge is 2.34. The zero-order valence-electron chi connectivity index (χ0n) is 46.9. The van der Waals surface area contributed by atoms with E-state index in [9.17, 15) is 47.9 Å². The van der Waals surface area contributed by atoms with Gasteiger partial charge in [0.1, 0.15) is 59.5 Å². The van der Waals surface area contributed by atoms with Crippen molar-refractivity contribution in [2.45, 2.75) is 145 Å². The van der Waals surface area contributed by atoms with Crippen LogP contribution in [0.2, 0.25) is 0 Å². The summed E-state index contributed by atoms with van der Waals surface area (Å²) in [4.78, 5) is 116. The van der Waals surface area contributed by atoms with Gasteiger partial charge in [0.05, 0.1) is 37.9 Å². The molecule has 3 fully saturated rings. The molecule has 0 N–H and O–H groups in total. The van der Waals surface area contributed by atoms with Crippen molar-refractivity contribution in [3.05, 3.63) is 72.8 Å². The van der Waals surface area contributed by atoms with Crippen LogP contribution in [0.5, 0.6) is 23.0 Å². The summed E-state index contributed by atoms with van der Waals surface area (Å²) in [6.45, 7) is 22.6. The van der Waals surface area contributed by atoms with Gasteiger partial charge in [-0.25, -0.2) is 19.2 Å². The summed E-state index contributed by atoms with van der Waals surface area (Å²) in [5, 5.41) is 0. The highest BCUT2D eigenvalue weighted by molar-refractivity contribution is 5.95. The van der Waals surface area contributed by atoms with E-state index in [2.05, 4.69) is 41.2 Å². The van der Waals surface area contributed by atoms with E-state index >= 15 is 0 Å². The molecule has 0 spiro atoms. The molecule has 0 bridgehead atoms. The number of ether oxygens (including phenoxy) is 10. The molecule has 0 saturated heterocycles. The second-order valence-electron chi connectivity index (χ2n) is 18.2. The SMILES string of the molecule is C=CC(=O)OC(C)COC(=O)C1CCC(C(=O)Oc2ccc(OC(=O)C3CCC(C)CC3)cc2C(=O)OC)CC1.C=CC(=O)OCC(C)OC=O.CC.CC.COC(=O)c1cc(OC=O)ccc1OC(=O)C1CCC(C)CC1. The van der Waals surface area contributed by atoms with Crippen LogP contribution in [0.3, 0.4) is 0 Å². The molecule has 0 amide bonds. The van der Waals surface area contributed by atoms with Crippen LogP contribution in [0.4, 0.5) is 0 Å². The Balaban J connectivity index is 0.000000670. The van der Waals surface area contributed by atoms with Gasteiger partial charge in [0.25, 0.3) is 12.9 Å². The third-order valence-corrected chi connectivity index (χ3v) is 12.5. The first kappa shape index (κ1) is 68.6. The van der Waals surface area contributed by atoms with E-state index in [4.69, 9.17) is 33.2 Å². The van der Waals surface area contributed by atoms with Gasteiger partial charge in [0.2, 0.25) is 0 Å². The maximum absolute atomic E-state index is 12.9. The first-order chi connectivity index (χ1) is 37.4. The number of carbonyl (C=O) groups excluding carboxylic acids is 10. The lowest BCUT2D eigenvalue weighted by Crippen LogP contribution is -2.31. The summed E-state index contributed by atoms with van der Waals surface area (Å²) in [5.41, 5.74) is 0.0198. The van der Waals surface area contributed by atoms with E-state index in [0.717, 1.165) is 63.5 Å². The quantitative estimate of drug-likeness (QED) is 0.0392. The topological polar surface area (TPSA) is 263 Å². The standard InChI is InChI=1S/C30H38O10.C17H20O6.C7H10O4.2C2H6/c1-5-26(31)38-19(3)17-37-27(32)20-10-12-22(13-11-20)29(34)40-25-15-14-23(16-24(25)30(35)36-4)39-28(33)21-8-6-18(2)7-9-21;1-11-3-5-12(6-4-11)16(19)23-15-8-7-13(22-10-18)9-14(15)17(20)21-2;1-3-7(9)10-4-6(2)11-5-8;2*1-2/h5,14-16,18-22H,1,6-13,17H2,2-4H3;7-12H,3-6H2,1-2H3;3,5-6H,1,4H2,2H3;2*1-2H3. The van der Waals surface area contributed by atoms with Gasteiger partial charge in [-0.3, -0.25) is 28.8 Å². The van der Waals surface area contributed by atoms with Crippen molar-refractivity contribution in [1.82, 2.24) is 0 Å². The predicted octanol–water partition coefficient (Wildman–Crippen LogP) is 9.65. The van der Waals surface area contributed by atoms with Crippen molar-refractivity contribution in [2.75, 3.05) is 27.4 Å². The first-order valence-electron chi connectivity index (χ1n) is 26.4. The van der Waals surface area contributed by atoms with Crippen molar-refractivity contribution >= 4 is 60.7 Å². The maximum atomic E-state index is 12.9. The lowest BCUT2D eigenvalue weighted by atomic mass is 9.82. The smallest absolute Gasteiger partial charge is 0.341 e. The number of hydrogen-bond acceptors (Lipinski definition) is 20. The van der Waals surface area contributed by atoms with Crippen LogP contribution < -0.4 is 18.9 Å². The molecule has 20 heteroatoms. The average Bonchev–Trinajstić information content (AvgIpc) is 3.46. The van der Waals surface area contributed by atoms with Crippen molar-refractivity contribution in [3.63, 3.8) is 0 Å². The molecule has 0 heterocycles. The molecule has 0 radical (unpaired) electrons. The number of rotatable bonds is 20. The average molecular weight is 1100 g/mol. The molecule has 0 aromatic heterocycles. The van der Waals surface area contributed by atoms with Gasteiger partial charge in [-0.2, -0.15) is 0 Å². The van der Waals surface area contributed by atoms with E-state index in [-0.39, 0.29) is 83.5 Å². The Labute approximate surface area is 458 Å². The van der Waals surface area contributed by atoms with E-state index in [0.29, 0.717) is 44.0 Å². The highest BCUT2D eigenvalue weighted by atomic mass is 16.6. The second kappa shape index (κ2) is 38.2. The number of carbonyl (C=O) groups is 10. The number of methoxy groups -OCH3 is 2. The predicted molar refractivity (Wildman–Crippen MR) is 284 cm³/mol. The molecule has 78 heavy (non-hydrogen) atoms. The minimum Gasteiger partial charge on any atom is -0.465 e. The largest absolute Gasteiger partial charge is 0.465 e. The van der Waals surface area contributed by atoms with Crippen molar-refractivity contribution < 1.29 is 95.3 Å². The van der Waals surface area contributed by atoms with Gasteiger partial charge >= 0.3 is 47.8 Å². The lowest BCUT2D eigenvalue weighted by Gasteiger charge is -2.26. The molecule has 20 nitrogen and oxygen atoms in total. The fraction of sp³-hybridized carbons (Fsp3) is 0.552. The number of esters is 8. The van der Waals surface area contributed by atoms with E-state index in [1.807, 2.05) is 27.7 Å². The van der Waals surface area contributed by atoms with Gasteiger partial charge in [-0.1, -0.05) is 54.7 Å². The lowest BCUT2D eigenvalue weighted by molar-refractivity contribution is -0.159. The van der Waals surface area contributed by atoms with Crippen LogP contribution >= 0.6 is 0 Å². The number of benzene rings is 2. The Morgan fingerprint density at radius 1 is 0.513 bits per heavy atom. The normalized spacial score (nSPS) is 19.7. The first-order valence-corrected chi connectivity index (χ1v) is 26.4. The van der Waals surface area contributed by atoms with Crippen LogP contribution in [-0.2, 0) is 66.8 Å². The van der Waals surface area contributed by atoms with Crippen LogP contribution in [0.1, 0.15) is 153 Å². The van der Waals surface area contributed by atoms with Crippen LogP contribution in [0.25, 0.3) is 0 Å². The molecule has 432 valence electrons. The molecule has 2 atom stereocenters. The minimum absolute atomic E-state index is 0.00716. The van der Waals surface area contributed by atoms with E-state index in [1.54, 1.807) is 13.8 Å². The second-order valence-corrected chi connectivity index (χ2v) is 18.2. The summed E-state index contributed by atoms with van der Waals surface area (Å²) < 4.78 is 50.0. The van der Waals surface area contributed by atoms with Crippen LogP contribution in [0, 0.1) is 35.5 Å². The molecule has 0 aliphatic heterocycles. The van der Waals surface area contributed by atoms with Gasteiger partial charge in [0.15, 0.2) is 0 Å². The van der Waals surface area contributed by atoms with Gasteiger partial charge < -0.3 is 47.4 Å². The zero-order valence-corrected chi connectivity index (χ0v) is 46.9. The molecule has 2 unspecified atom stereocenters. The molecule has 3 aliphatic rings. The molecule has 5 rings (SSSR count). The van der Waals surface area contributed by atoms with Gasteiger partial charge in [-0.15, -0.1) is 0 Å². The van der Waals surface area contributed by atoms with E-state index < -0.39 is 53.9 Å². The molecule has 3 saturated carbocycles. The van der Waals surface area contributed by atoms with Gasteiger partial charge in [-0.05, 0) is 139 Å². The summed E-state index contributed by atoms with van der Waals surface area (Å²) in [7, 11) is 2.43. The Hall–Kier alpha value is -7.38. The van der Waals surface area contributed by atoms with Crippen molar-refractivity contribution in [2.24, 2.45) is 35.5 Å². The summed E-state index contributed by atoms with van der Waals surface area (Å²) in [6.07, 6.45) is 9.80. The highest BCUT2D eigenvalue weighted by Crippen LogP contribution is 2.35. The monoisotopic (exact) mass is 1100 g/mol. The third-order valence-electron chi connectivity index (χ3n) is 12.5. The Morgan fingerprint density at radius 3 is 1.31 bits per heavy atom. The van der Waals surface area contributed by atoms with Crippen molar-refractivity contribution in [1.29, 1.82) is 0 Å². The Kier molecular flexibility index (Phi) is 33.6. The molecule has 3 aliphatic carbocycles. The Morgan fingerprint density at radius 2 is 0.897 bits per heavy atom. The third kappa shape index (κ3) is 24.7. The molecular weight excluding hydrogens is 1020 g/mol. The minimum atomic E-state index is -0.730. The maximum Gasteiger partial charge on any atom is 0.341 e.